The minimum absolute atomic E-state index is 0.159. The number of carbonyl (C=O) groups is 1. The third-order valence-electron chi connectivity index (χ3n) is 5.19. The third-order valence-corrected chi connectivity index (χ3v) is 6.57. The number of nitrogens with zero attached hydrogens (tertiary/aromatic N) is 1. The Bertz CT molecular complexity index is 1280. The number of ether oxygens (including phenoxy) is 2. The molecule has 1 unspecified atom stereocenters. The largest absolute Gasteiger partial charge is 0.489 e. The van der Waals surface area contributed by atoms with Gasteiger partial charge in [-0.1, -0.05) is 35.9 Å². The Morgan fingerprint density at radius 1 is 1.12 bits per heavy atom. The molecule has 3 aromatic rings. The van der Waals surface area contributed by atoms with Crippen LogP contribution in [0, 0.1) is 5.82 Å². The van der Waals surface area contributed by atoms with Crippen molar-refractivity contribution in [2.45, 2.75) is 19.3 Å². The lowest BCUT2D eigenvalue weighted by molar-refractivity contribution is -0.127. The van der Waals surface area contributed by atoms with Crippen molar-refractivity contribution in [2.75, 3.05) is 17.1 Å². The first-order valence-electron chi connectivity index (χ1n) is 10.4. The monoisotopic (exact) mass is 504 g/mol. The summed E-state index contributed by atoms with van der Waals surface area (Å²) in [5.74, 6) is 0.162. The van der Waals surface area contributed by atoms with Gasteiger partial charge in [0.1, 0.15) is 23.9 Å². The minimum Gasteiger partial charge on any atom is -0.489 e. The van der Waals surface area contributed by atoms with E-state index in [4.69, 9.17) is 21.1 Å². The van der Waals surface area contributed by atoms with E-state index in [1.807, 2.05) is 12.1 Å². The lowest BCUT2D eigenvalue weighted by Crippen LogP contribution is -2.50. The number of halogens is 2. The van der Waals surface area contributed by atoms with E-state index in [0.29, 0.717) is 23.1 Å². The normalized spacial score (nSPS) is 15.3. The highest BCUT2D eigenvalue weighted by atomic mass is 35.5. The number of hydrogen-bond acceptors (Lipinski definition) is 5. The highest BCUT2D eigenvalue weighted by molar-refractivity contribution is 7.92. The Hall–Kier alpha value is -3.30. The van der Waals surface area contributed by atoms with Gasteiger partial charge >= 0.3 is 0 Å². The van der Waals surface area contributed by atoms with Crippen molar-refractivity contribution in [3.8, 4) is 11.5 Å². The number of nitrogens with one attached hydrogen (secondary N) is 1. The first-order valence-corrected chi connectivity index (χ1v) is 12.6. The van der Waals surface area contributed by atoms with E-state index in [-0.39, 0.29) is 24.7 Å². The fourth-order valence-electron chi connectivity index (χ4n) is 3.43. The molecule has 178 valence electrons. The van der Waals surface area contributed by atoms with Gasteiger partial charge < -0.3 is 14.8 Å². The maximum Gasteiger partial charge on any atom is 0.263 e. The molecule has 0 aromatic heterocycles. The first kappa shape index (κ1) is 23.8. The van der Waals surface area contributed by atoms with Crippen molar-refractivity contribution in [2.24, 2.45) is 0 Å². The number of fused-ring (bicyclic) bond motifs is 1. The lowest BCUT2D eigenvalue weighted by Gasteiger charge is -2.34. The fraction of sp³-hybridized carbons (Fsp3) is 0.208. The molecule has 0 radical (unpaired) electrons. The number of sulfonamides is 1. The maximum atomic E-state index is 13.0. The van der Waals surface area contributed by atoms with Gasteiger partial charge in [0.2, 0.25) is 10.0 Å². The second kappa shape index (κ2) is 9.90. The number of amides is 1. The molecule has 1 aliphatic rings. The summed E-state index contributed by atoms with van der Waals surface area (Å²) >= 11 is 6.00. The van der Waals surface area contributed by atoms with Crippen LogP contribution in [0.5, 0.6) is 11.5 Å². The number of rotatable bonds is 7. The summed E-state index contributed by atoms with van der Waals surface area (Å²) in [7, 11) is -3.64. The zero-order valence-corrected chi connectivity index (χ0v) is 19.8. The van der Waals surface area contributed by atoms with Crippen LogP contribution >= 0.6 is 11.6 Å². The molecule has 0 spiro atoms. The Morgan fingerprint density at radius 2 is 1.79 bits per heavy atom. The number of hydrogen-bond donors (Lipinski definition) is 1. The molecule has 0 bridgehead atoms. The number of carbonyl (C=O) groups excluding carboxylic acids is 1. The van der Waals surface area contributed by atoms with Crippen molar-refractivity contribution in [1.82, 2.24) is 5.32 Å². The Balaban J connectivity index is 1.35. The van der Waals surface area contributed by atoms with Crippen molar-refractivity contribution < 1.29 is 27.1 Å². The van der Waals surface area contributed by atoms with Crippen LogP contribution in [0.15, 0.2) is 66.7 Å². The highest BCUT2D eigenvalue weighted by Gasteiger charge is 2.35. The molecule has 1 atom stereocenters. The van der Waals surface area contributed by atoms with Crippen molar-refractivity contribution in [3.05, 3.63) is 88.7 Å². The summed E-state index contributed by atoms with van der Waals surface area (Å²) in [6.45, 7) is 0.371. The SMILES string of the molecule is CS(=O)(=O)N1CC(C(=O)NCc2ccc(OCc3ccc(F)cc3)cc2)Oc2ccc(Cl)cc21. The number of anilines is 1. The molecular weight excluding hydrogens is 483 g/mol. The van der Waals surface area contributed by atoms with E-state index in [1.54, 1.807) is 36.4 Å². The predicted octanol–water partition coefficient (Wildman–Crippen LogP) is 3.90. The smallest absolute Gasteiger partial charge is 0.263 e. The summed E-state index contributed by atoms with van der Waals surface area (Å²) in [6, 6.07) is 17.8. The van der Waals surface area contributed by atoms with Crippen LogP contribution in [0.2, 0.25) is 5.02 Å². The first-order chi connectivity index (χ1) is 16.2. The lowest BCUT2D eigenvalue weighted by atomic mass is 10.2. The van der Waals surface area contributed by atoms with Gasteiger partial charge in [-0.3, -0.25) is 9.10 Å². The molecule has 1 heterocycles. The summed E-state index contributed by atoms with van der Waals surface area (Å²) < 4.78 is 50.1. The van der Waals surface area contributed by atoms with Crippen LogP contribution in [-0.4, -0.2) is 33.2 Å². The van der Waals surface area contributed by atoms with Gasteiger partial charge in [-0.2, -0.15) is 0 Å². The molecule has 3 aromatic carbocycles. The molecular formula is C24H22ClFN2O5S. The molecule has 1 amide bonds. The average molecular weight is 505 g/mol. The third kappa shape index (κ3) is 5.78. The van der Waals surface area contributed by atoms with E-state index in [0.717, 1.165) is 21.7 Å². The van der Waals surface area contributed by atoms with Crippen LogP contribution in [0.1, 0.15) is 11.1 Å². The second-order valence-electron chi connectivity index (χ2n) is 7.79. The fourth-order valence-corrected chi connectivity index (χ4v) is 4.50. The van der Waals surface area contributed by atoms with Gasteiger partial charge in [0, 0.05) is 11.6 Å². The van der Waals surface area contributed by atoms with Gasteiger partial charge in [-0.05, 0) is 53.6 Å². The maximum absolute atomic E-state index is 13.0. The minimum atomic E-state index is -3.64. The van der Waals surface area contributed by atoms with Gasteiger partial charge in [-0.15, -0.1) is 0 Å². The zero-order chi connectivity index (χ0) is 24.3. The van der Waals surface area contributed by atoms with Crippen LogP contribution in [0.25, 0.3) is 0 Å². The Morgan fingerprint density at radius 3 is 2.47 bits per heavy atom. The molecule has 0 saturated carbocycles. The van der Waals surface area contributed by atoms with Gasteiger partial charge in [-0.25, -0.2) is 12.8 Å². The van der Waals surface area contributed by atoms with Crippen molar-refractivity contribution in [1.29, 1.82) is 0 Å². The van der Waals surface area contributed by atoms with E-state index in [9.17, 15) is 17.6 Å². The molecule has 0 saturated heterocycles. The molecule has 0 aliphatic carbocycles. The number of benzene rings is 3. The summed E-state index contributed by atoms with van der Waals surface area (Å²) in [5, 5.41) is 3.14. The topological polar surface area (TPSA) is 84.9 Å². The van der Waals surface area contributed by atoms with Crippen molar-refractivity contribution >= 4 is 33.2 Å². The van der Waals surface area contributed by atoms with Crippen LogP contribution in [-0.2, 0) is 28.0 Å². The highest BCUT2D eigenvalue weighted by Crippen LogP contribution is 2.37. The van der Waals surface area contributed by atoms with Crippen LogP contribution < -0.4 is 19.1 Å². The summed E-state index contributed by atoms with van der Waals surface area (Å²) in [4.78, 5) is 12.7. The summed E-state index contributed by atoms with van der Waals surface area (Å²) in [5.41, 5.74) is 1.97. The van der Waals surface area contributed by atoms with Gasteiger partial charge in [0.05, 0.1) is 18.5 Å². The van der Waals surface area contributed by atoms with E-state index in [2.05, 4.69) is 5.32 Å². The standard InChI is InChI=1S/C24H22ClFN2O5S/c1-34(30,31)28-14-23(33-22-11-6-18(25)12-21(22)28)24(29)27-13-16-4-9-20(10-5-16)32-15-17-2-7-19(26)8-3-17/h2-12,23H,13-15H2,1H3,(H,27,29). The van der Waals surface area contributed by atoms with E-state index in [1.165, 1.54) is 18.2 Å². The zero-order valence-electron chi connectivity index (χ0n) is 18.2. The predicted molar refractivity (Wildman–Crippen MR) is 127 cm³/mol. The molecule has 34 heavy (non-hydrogen) atoms. The molecule has 7 nitrogen and oxygen atoms in total. The van der Waals surface area contributed by atoms with Gasteiger partial charge in [0.25, 0.3) is 5.91 Å². The van der Waals surface area contributed by atoms with Gasteiger partial charge in [0.15, 0.2) is 6.10 Å². The second-order valence-corrected chi connectivity index (χ2v) is 10.1. The molecule has 1 N–H and O–H groups in total. The Kier molecular flexibility index (Phi) is 6.95. The van der Waals surface area contributed by atoms with Crippen LogP contribution in [0.4, 0.5) is 10.1 Å². The molecule has 1 aliphatic heterocycles. The molecule has 4 rings (SSSR count). The summed E-state index contributed by atoms with van der Waals surface area (Å²) in [6.07, 6.45) is 0.0548. The van der Waals surface area contributed by atoms with E-state index >= 15 is 0 Å². The van der Waals surface area contributed by atoms with Crippen LogP contribution in [0.3, 0.4) is 0 Å². The van der Waals surface area contributed by atoms with E-state index < -0.39 is 22.0 Å². The molecule has 0 fully saturated rings. The van der Waals surface area contributed by atoms with Crippen molar-refractivity contribution in [3.63, 3.8) is 0 Å². The average Bonchev–Trinajstić information content (AvgIpc) is 2.81. The quantitative estimate of drug-likeness (QED) is 0.527. The molecule has 10 heteroatoms. The Labute approximate surface area is 202 Å².